The summed E-state index contributed by atoms with van der Waals surface area (Å²) in [5, 5.41) is 3.56. The van der Waals surface area contributed by atoms with Crippen LogP contribution >= 0.6 is 0 Å². The Hall–Kier alpha value is -0.160. The predicted molar refractivity (Wildman–Crippen MR) is 68.3 cm³/mol. The summed E-state index contributed by atoms with van der Waals surface area (Å²) < 4.78 is 10.7. The van der Waals surface area contributed by atoms with Gasteiger partial charge in [0.2, 0.25) is 0 Å². The van der Waals surface area contributed by atoms with Gasteiger partial charge in [-0.15, -0.1) is 0 Å². The van der Waals surface area contributed by atoms with Crippen LogP contribution in [0.2, 0.25) is 0 Å². The van der Waals surface area contributed by atoms with E-state index in [9.17, 15) is 0 Å². The van der Waals surface area contributed by atoms with Crippen LogP contribution in [0.4, 0.5) is 0 Å². The molecule has 0 radical (unpaired) electrons. The monoisotopic (exact) mass is 242 g/mol. The fourth-order valence-corrected chi connectivity index (χ4v) is 2.46. The van der Waals surface area contributed by atoms with Crippen LogP contribution in [-0.4, -0.2) is 63.5 Å². The van der Waals surface area contributed by atoms with E-state index in [1.54, 1.807) is 0 Å². The average Bonchev–Trinajstić information content (AvgIpc) is 2.88. The van der Waals surface area contributed by atoms with Gasteiger partial charge in [-0.05, 0) is 32.4 Å². The second-order valence-electron chi connectivity index (χ2n) is 5.03. The predicted octanol–water partition coefficient (Wildman–Crippen LogP) is 0.867. The van der Waals surface area contributed by atoms with Crippen LogP contribution in [0.3, 0.4) is 0 Å². The maximum atomic E-state index is 5.34. The third-order valence-corrected chi connectivity index (χ3v) is 3.62. The molecule has 2 rings (SSSR count). The lowest BCUT2D eigenvalue weighted by Gasteiger charge is -2.26. The van der Waals surface area contributed by atoms with E-state index in [0.717, 1.165) is 46.1 Å². The molecule has 2 saturated heterocycles. The van der Waals surface area contributed by atoms with E-state index in [0.29, 0.717) is 6.04 Å². The zero-order valence-corrected chi connectivity index (χ0v) is 10.8. The van der Waals surface area contributed by atoms with Crippen LogP contribution in [0.1, 0.15) is 25.7 Å². The van der Waals surface area contributed by atoms with Gasteiger partial charge in [-0.25, -0.2) is 0 Å². The molecule has 2 heterocycles. The molecule has 0 saturated carbocycles. The van der Waals surface area contributed by atoms with Gasteiger partial charge in [0.25, 0.3) is 0 Å². The van der Waals surface area contributed by atoms with E-state index in [1.165, 1.54) is 32.2 Å². The lowest BCUT2D eigenvalue weighted by Crippen LogP contribution is -2.36. The van der Waals surface area contributed by atoms with Crippen LogP contribution in [0.5, 0.6) is 0 Å². The molecule has 2 fully saturated rings. The second-order valence-corrected chi connectivity index (χ2v) is 5.03. The number of unbranched alkanes of at least 4 members (excludes halogenated alkanes) is 2. The zero-order chi connectivity index (χ0) is 11.8. The SMILES string of the molecule is C(CCNC1CCOC1)CCN1CCOCC1. The Morgan fingerprint density at radius 2 is 1.88 bits per heavy atom. The maximum absolute atomic E-state index is 5.34. The lowest BCUT2D eigenvalue weighted by molar-refractivity contribution is 0.0371. The number of nitrogens with zero attached hydrogens (tertiary/aromatic N) is 1. The molecule has 0 aromatic rings. The smallest absolute Gasteiger partial charge is 0.0620 e. The Balaban J connectivity index is 1.38. The van der Waals surface area contributed by atoms with Gasteiger partial charge < -0.3 is 14.8 Å². The molecule has 0 bridgehead atoms. The minimum Gasteiger partial charge on any atom is -0.380 e. The lowest BCUT2D eigenvalue weighted by atomic mass is 10.2. The molecule has 1 unspecified atom stereocenters. The first-order chi connectivity index (χ1) is 8.45. The number of rotatable bonds is 7. The largest absolute Gasteiger partial charge is 0.380 e. The van der Waals surface area contributed by atoms with E-state index in [1.807, 2.05) is 0 Å². The highest BCUT2D eigenvalue weighted by molar-refractivity contribution is 4.70. The van der Waals surface area contributed by atoms with Gasteiger partial charge in [0.05, 0.1) is 19.8 Å². The molecule has 0 aromatic carbocycles. The van der Waals surface area contributed by atoms with Crippen molar-refractivity contribution in [2.75, 3.05) is 52.6 Å². The van der Waals surface area contributed by atoms with Crippen molar-refractivity contribution in [2.24, 2.45) is 0 Å². The number of hydrogen-bond donors (Lipinski definition) is 1. The van der Waals surface area contributed by atoms with Crippen LogP contribution in [-0.2, 0) is 9.47 Å². The summed E-state index contributed by atoms with van der Waals surface area (Å²) in [5.74, 6) is 0. The first-order valence-electron chi connectivity index (χ1n) is 7.06. The van der Waals surface area contributed by atoms with Crippen molar-refractivity contribution in [3.05, 3.63) is 0 Å². The van der Waals surface area contributed by atoms with Gasteiger partial charge in [-0.1, -0.05) is 6.42 Å². The Labute approximate surface area is 105 Å². The van der Waals surface area contributed by atoms with Crippen LogP contribution in [0.25, 0.3) is 0 Å². The van der Waals surface area contributed by atoms with Crippen molar-refractivity contribution in [2.45, 2.75) is 31.7 Å². The van der Waals surface area contributed by atoms with Crippen LogP contribution in [0, 0.1) is 0 Å². The quantitative estimate of drug-likeness (QED) is 0.672. The molecule has 0 aromatic heterocycles. The van der Waals surface area contributed by atoms with Gasteiger partial charge in [0.1, 0.15) is 0 Å². The highest BCUT2D eigenvalue weighted by atomic mass is 16.5. The minimum atomic E-state index is 0.620. The van der Waals surface area contributed by atoms with Crippen LogP contribution in [0.15, 0.2) is 0 Å². The fourth-order valence-electron chi connectivity index (χ4n) is 2.46. The van der Waals surface area contributed by atoms with E-state index < -0.39 is 0 Å². The third-order valence-electron chi connectivity index (χ3n) is 3.62. The number of ether oxygens (including phenoxy) is 2. The van der Waals surface area contributed by atoms with E-state index in [4.69, 9.17) is 9.47 Å². The van der Waals surface area contributed by atoms with Crippen molar-refractivity contribution in [3.8, 4) is 0 Å². The molecule has 4 heteroatoms. The Kier molecular flexibility index (Phi) is 6.27. The summed E-state index contributed by atoms with van der Waals surface area (Å²) in [7, 11) is 0. The minimum absolute atomic E-state index is 0.620. The summed E-state index contributed by atoms with van der Waals surface area (Å²) >= 11 is 0. The molecule has 0 amide bonds. The Morgan fingerprint density at radius 1 is 1.00 bits per heavy atom. The molecule has 2 aliphatic rings. The Morgan fingerprint density at radius 3 is 2.65 bits per heavy atom. The van der Waals surface area contributed by atoms with Crippen molar-refractivity contribution in [1.29, 1.82) is 0 Å². The van der Waals surface area contributed by atoms with Crippen molar-refractivity contribution in [3.63, 3.8) is 0 Å². The second kappa shape index (κ2) is 8.03. The van der Waals surface area contributed by atoms with Gasteiger partial charge in [0, 0.05) is 25.7 Å². The number of hydrogen-bond acceptors (Lipinski definition) is 4. The molecule has 0 aliphatic carbocycles. The van der Waals surface area contributed by atoms with Gasteiger partial charge in [0.15, 0.2) is 0 Å². The molecule has 0 spiro atoms. The summed E-state index contributed by atoms with van der Waals surface area (Å²) in [6.45, 7) is 8.33. The van der Waals surface area contributed by atoms with Gasteiger partial charge >= 0.3 is 0 Å². The van der Waals surface area contributed by atoms with Crippen molar-refractivity contribution in [1.82, 2.24) is 10.2 Å². The van der Waals surface area contributed by atoms with Crippen LogP contribution < -0.4 is 5.32 Å². The van der Waals surface area contributed by atoms with Crippen molar-refractivity contribution < 1.29 is 9.47 Å². The summed E-state index contributed by atoms with van der Waals surface area (Å²) in [5.41, 5.74) is 0. The maximum Gasteiger partial charge on any atom is 0.0620 e. The molecular weight excluding hydrogens is 216 g/mol. The topological polar surface area (TPSA) is 33.7 Å². The van der Waals surface area contributed by atoms with E-state index in [-0.39, 0.29) is 0 Å². The van der Waals surface area contributed by atoms with E-state index in [2.05, 4.69) is 10.2 Å². The molecule has 17 heavy (non-hydrogen) atoms. The van der Waals surface area contributed by atoms with Gasteiger partial charge in [-0.3, -0.25) is 4.90 Å². The molecule has 1 atom stereocenters. The first-order valence-corrected chi connectivity index (χ1v) is 7.06. The highest BCUT2D eigenvalue weighted by Crippen LogP contribution is 2.05. The van der Waals surface area contributed by atoms with Gasteiger partial charge in [-0.2, -0.15) is 0 Å². The summed E-state index contributed by atoms with van der Waals surface area (Å²) in [6, 6.07) is 0.620. The Bertz CT molecular complexity index is 190. The molecule has 4 nitrogen and oxygen atoms in total. The van der Waals surface area contributed by atoms with Crippen molar-refractivity contribution >= 4 is 0 Å². The number of morpholine rings is 1. The summed E-state index contributed by atoms with van der Waals surface area (Å²) in [6.07, 6.45) is 5.13. The highest BCUT2D eigenvalue weighted by Gasteiger charge is 2.13. The molecule has 1 N–H and O–H groups in total. The first kappa shape index (κ1) is 13.3. The molecular formula is C13H26N2O2. The zero-order valence-electron chi connectivity index (χ0n) is 10.8. The summed E-state index contributed by atoms with van der Waals surface area (Å²) in [4.78, 5) is 2.52. The van der Waals surface area contributed by atoms with E-state index >= 15 is 0 Å². The standard InChI is InChI=1S/C13H26N2O2/c1(2-5-14-13-4-9-17-12-13)3-6-15-7-10-16-11-8-15/h13-14H,1-12H2. The fraction of sp³-hybridized carbons (Fsp3) is 1.00. The number of nitrogens with one attached hydrogen (secondary N) is 1. The molecule has 100 valence electrons. The normalized spacial score (nSPS) is 26.5. The molecule has 2 aliphatic heterocycles. The third kappa shape index (κ3) is 5.34. The average molecular weight is 242 g/mol.